The zero-order valence-electron chi connectivity index (χ0n) is 27.9. The summed E-state index contributed by atoms with van der Waals surface area (Å²) in [6, 6.07) is 36.1. The molecule has 0 spiro atoms. The van der Waals surface area contributed by atoms with Crippen molar-refractivity contribution in [3.05, 3.63) is 163 Å². The Kier molecular flexibility index (Phi) is 8.25. The van der Waals surface area contributed by atoms with E-state index in [1.165, 1.54) is 18.3 Å². The van der Waals surface area contributed by atoms with Crippen LogP contribution >= 0.6 is 0 Å². The van der Waals surface area contributed by atoms with Gasteiger partial charge in [-0.2, -0.15) is 26.3 Å². The molecule has 4 nitrogen and oxygen atoms in total. The average Bonchev–Trinajstić information content (AvgIpc) is 3.47. The van der Waals surface area contributed by atoms with Gasteiger partial charge in [-0.25, -0.2) is 9.97 Å². The topological polar surface area (TPSA) is 39.9 Å². The van der Waals surface area contributed by atoms with Crippen molar-refractivity contribution in [1.29, 1.82) is 0 Å². The normalized spacial score (nSPS) is 12.1. The molecule has 0 atom stereocenters. The first-order valence-electron chi connectivity index (χ1n) is 16.5. The third-order valence-electron chi connectivity index (χ3n) is 9.06. The number of halogens is 6. The zero-order chi connectivity index (χ0) is 36.9. The van der Waals surface area contributed by atoms with E-state index in [2.05, 4.69) is 9.97 Å². The first-order chi connectivity index (χ1) is 25.4. The molecule has 0 saturated carbocycles. The van der Waals surface area contributed by atoms with Crippen molar-refractivity contribution in [2.75, 3.05) is 0 Å². The Balaban J connectivity index is 1.35. The summed E-state index contributed by atoms with van der Waals surface area (Å²) in [5, 5.41) is 0.818. The molecule has 0 unspecified atom stereocenters. The maximum absolute atomic E-state index is 15.0. The molecule has 0 bridgehead atoms. The number of alkyl halides is 6. The van der Waals surface area contributed by atoms with Crippen LogP contribution in [0.15, 0.2) is 146 Å². The Bertz CT molecular complexity index is 2630. The van der Waals surface area contributed by atoms with Crippen molar-refractivity contribution < 1.29 is 31.1 Å². The highest BCUT2D eigenvalue weighted by Gasteiger charge is 2.37. The van der Waals surface area contributed by atoms with Crippen LogP contribution in [0, 0.1) is 6.92 Å². The second kappa shape index (κ2) is 13.0. The van der Waals surface area contributed by atoms with Crippen molar-refractivity contribution in [3.63, 3.8) is 0 Å². The lowest BCUT2D eigenvalue weighted by Gasteiger charge is -2.18. The second-order valence-corrected chi connectivity index (χ2v) is 12.6. The largest absolute Gasteiger partial charge is 0.439 e. The monoisotopic (exact) mass is 715 g/mol. The first kappa shape index (κ1) is 33.7. The molecule has 8 rings (SSSR count). The summed E-state index contributed by atoms with van der Waals surface area (Å²) in [5.74, 6) is 0.0792. The molecule has 262 valence electrons. The number of hydrogen-bond acceptors (Lipinski definition) is 3. The van der Waals surface area contributed by atoms with Crippen molar-refractivity contribution in [1.82, 2.24) is 14.5 Å². The molecule has 0 saturated heterocycles. The quantitative estimate of drug-likeness (QED) is 0.161. The summed E-state index contributed by atoms with van der Waals surface area (Å²) in [7, 11) is 0. The SMILES string of the molecule is Cc1ccc2c(c1)c1cc(C(F)(F)F)c(-c3cc(Oc4cc(-c5ccccc5)ccn4)cc(C(F)(F)F)c3)cc1n2-c1cc(-c2ccccc2)ccn1. The molecule has 3 aromatic heterocycles. The molecule has 8 aromatic rings. The van der Waals surface area contributed by atoms with Crippen LogP contribution in [0.3, 0.4) is 0 Å². The minimum Gasteiger partial charge on any atom is -0.439 e. The van der Waals surface area contributed by atoms with Gasteiger partial charge in [-0.15, -0.1) is 0 Å². The van der Waals surface area contributed by atoms with Gasteiger partial charge in [0.2, 0.25) is 5.88 Å². The van der Waals surface area contributed by atoms with Gasteiger partial charge in [-0.3, -0.25) is 4.57 Å². The fourth-order valence-corrected chi connectivity index (χ4v) is 6.62. The van der Waals surface area contributed by atoms with Crippen molar-refractivity contribution in [3.8, 4) is 50.8 Å². The second-order valence-electron chi connectivity index (χ2n) is 12.6. The third kappa shape index (κ3) is 6.59. The minimum absolute atomic E-state index is 0.0250. The molecule has 0 fully saturated rings. The minimum atomic E-state index is -4.92. The van der Waals surface area contributed by atoms with E-state index in [0.29, 0.717) is 33.9 Å². The van der Waals surface area contributed by atoms with Gasteiger partial charge in [-0.1, -0.05) is 72.3 Å². The van der Waals surface area contributed by atoms with Gasteiger partial charge in [0, 0.05) is 29.2 Å². The lowest BCUT2D eigenvalue weighted by atomic mass is 9.95. The van der Waals surface area contributed by atoms with E-state index in [1.54, 1.807) is 35.0 Å². The molecule has 3 heterocycles. The van der Waals surface area contributed by atoms with E-state index in [9.17, 15) is 13.2 Å². The number of benzene rings is 5. The van der Waals surface area contributed by atoms with Gasteiger partial charge in [0.1, 0.15) is 11.6 Å². The number of aromatic nitrogens is 3. The molecule has 0 aliphatic carbocycles. The molecule has 53 heavy (non-hydrogen) atoms. The summed E-state index contributed by atoms with van der Waals surface area (Å²) in [4.78, 5) is 8.77. The number of rotatable bonds is 6. The Labute approximate surface area is 299 Å². The van der Waals surface area contributed by atoms with E-state index < -0.39 is 29.0 Å². The predicted octanol–water partition coefficient (Wildman–Crippen LogP) is 12.7. The van der Waals surface area contributed by atoms with Crippen molar-refractivity contribution >= 4 is 21.8 Å². The fourth-order valence-electron chi connectivity index (χ4n) is 6.62. The van der Waals surface area contributed by atoms with Crippen molar-refractivity contribution in [2.45, 2.75) is 19.3 Å². The molecule has 10 heteroatoms. The van der Waals surface area contributed by atoms with E-state index in [-0.39, 0.29) is 22.6 Å². The van der Waals surface area contributed by atoms with Gasteiger partial charge in [-0.05, 0) is 101 Å². The van der Waals surface area contributed by atoms with Gasteiger partial charge in [0.05, 0.1) is 22.2 Å². The summed E-state index contributed by atoms with van der Waals surface area (Å²) in [5.41, 5.74) is 1.95. The molecule has 5 aromatic carbocycles. The van der Waals surface area contributed by atoms with Gasteiger partial charge in [0.15, 0.2) is 0 Å². The lowest BCUT2D eigenvalue weighted by Crippen LogP contribution is -2.09. The van der Waals surface area contributed by atoms with Crippen LogP contribution in [0.4, 0.5) is 26.3 Å². The smallest absolute Gasteiger partial charge is 0.417 e. The van der Waals surface area contributed by atoms with Crippen molar-refractivity contribution in [2.24, 2.45) is 0 Å². The summed E-state index contributed by atoms with van der Waals surface area (Å²) >= 11 is 0. The zero-order valence-corrected chi connectivity index (χ0v) is 27.9. The first-order valence-corrected chi connectivity index (χ1v) is 16.5. The van der Waals surface area contributed by atoms with Crippen LogP contribution in [0.25, 0.3) is 61.0 Å². The third-order valence-corrected chi connectivity index (χ3v) is 9.06. The van der Waals surface area contributed by atoms with Gasteiger partial charge >= 0.3 is 12.4 Å². The number of ether oxygens (including phenoxy) is 1. The predicted molar refractivity (Wildman–Crippen MR) is 194 cm³/mol. The highest BCUT2D eigenvalue weighted by Crippen LogP contribution is 2.45. The van der Waals surface area contributed by atoms with Crippen LogP contribution in [-0.2, 0) is 12.4 Å². The number of aryl methyl sites for hydroxylation is 1. The summed E-state index contributed by atoms with van der Waals surface area (Å²) in [6.45, 7) is 1.84. The standard InChI is InChI=1S/C43H27F6N3O/c1-26-12-13-38-35(18-26)36-24-37(43(47,48)49)34(25-39(36)52(38)40-21-29(14-16-50-40)27-8-4-2-5-9-27)31-19-32(42(44,45)46)23-33(20-31)53-41-22-30(15-17-51-41)28-10-6-3-7-11-28/h2-25H,1H3. The molecular weight excluding hydrogens is 688 g/mol. The molecule has 0 N–H and O–H groups in total. The van der Waals surface area contributed by atoms with Crippen LogP contribution in [0.1, 0.15) is 16.7 Å². The average molecular weight is 716 g/mol. The van der Waals surface area contributed by atoms with E-state index in [1.807, 2.05) is 85.8 Å². The Morgan fingerprint density at radius 2 is 1.17 bits per heavy atom. The Morgan fingerprint density at radius 1 is 0.528 bits per heavy atom. The highest BCUT2D eigenvalue weighted by atomic mass is 19.4. The van der Waals surface area contributed by atoms with Crippen LogP contribution in [0.2, 0.25) is 0 Å². The van der Waals surface area contributed by atoms with E-state index >= 15 is 13.2 Å². The number of fused-ring (bicyclic) bond motifs is 3. The van der Waals surface area contributed by atoms with Gasteiger partial charge < -0.3 is 4.74 Å². The fraction of sp³-hybridized carbons (Fsp3) is 0.0698. The molecule has 0 radical (unpaired) electrons. The summed E-state index contributed by atoms with van der Waals surface area (Å²) in [6.07, 6.45) is -6.76. The molecule has 0 aliphatic heterocycles. The molecular formula is C43H27F6N3O. The number of hydrogen-bond donors (Lipinski definition) is 0. The van der Waals surface area contributed by atoms with Crippen LogP contribution < -0.4 is 4.74 Å². The molecule has 0 aliphatic rings. The van der Waals surface area contributed by atoms with E-state index in [0.717, 1.165) is 34.4 Å². The van der Waals surface area contributed by atoms with Gasteiger partial charge in [0.25, 0.3) is 0 Å². The lowest BCUT2D eigenvalue weighted by molar-refractivity contribution is -0.137. The Hall–Kier alpha value is -6.42. The number of nitrogens with zero attached hydrogens (tertiary/aromatic N) is 3. The molecule has 0 amide bonds. The maximum Gasteiger partial charge on any atom is 0.417 e. The van der Waals surface area contributed by atoms with E-state index in [4.69, 9.17) is 4.74 Å². The Morgan fingerprint density at radius 3 is 1.83 bits per heavy atom. The van der Waals surface area contributed by atoms with Crippen LogP contribution in [0.5, 0.6) is 11.6 Å². The number of pyridine rings is 2. The summed E-state index contributed by atoms with van der Waals surface area (Å²) < 4.78 is 95.9. The van der Waals surface area contributed by atoms with Crippen LogP contribution in [-0.4, -0.2) is 14.5 Å². The highest BCUT2D eigenvalue weighted by molar-refractivity contribution is 6.11. The maximum atomic E-state index is 15.0.